The molecule has 2 N–H and O–H groups in total. The number of rotatable bonds is 5. The lowest BCUT2D eigenvalue weighted by molar-refractivity contribution is 0.0876. The molecule has 2 aromatic carbocycles. The van der Waals surface area contributed by atoms with Crippen LogP contribution in [0.3, 0.4) is 0 Å². The lowest BCUT2D eigenvalue weighted by Crippen LogP contribution is -2.51. The van der Waals surface area contributed by atoms with E-state index in [-0.39, 0.29) is 5.92 Å². The van der Waals surface area contributed by atoms with Gasteiger partial charge >= 0.3 is 0 Å². The molecule has 188 valence electrons. The Hall–Kier alpha value is -3.16. The summed E-state index contributed by atoms with van der Waals surface area (Å²) in [4.78, 5) is 16.8. The second-order valence-electron chi connectivity index (χ2n) is 10.5. The highest BCUT2D eigenvalue weighted by molar-refractivity contribution is 5.66. The number of nitrogens with two attached hydrogens (primary N) is 1. The molecule has 6 rings (SSSR count). The minimum atomic E-state index is 0.169. The van der Waals surface area contributed by atoms with Crippen LogP contribution in [0.4, 0.5) is 11.6 Å². The van der Waals surface area contributed by atoms with Crippen LogP contribution in [0.2, 0.25) is 0 Å². The molecule has 1 saturated carbocycles. The van der Waals surface area contributed by atoms with Crippen molar-refractivity contribution in [2.75, 3.05) is 50.4 Å². The van der Waals surface area contributed by atoms with E-state index in [9.17, 15) is 0 Å². The van der Waals surface area contributed by atoms with Crippen molar-refractivity contribution in [2.45, 2.75) is 43.7 Å². The van der Waals surface area contributed by atoms with Gasteiger partial charge in [-0.1, -0.05) is 30.3 Å². The van der Waals surface area contributed by atoms with Crippen LogP contribution in [-0.2, 0) is 0 Å². The molecule has 3 heterocycles. The standard InChI is InChI=1S/C29H36N6O/c1-33-15-17-34(18-16-33)22-9-11-23(12-10-22)35-19-26(27-28(30)31-20-32-29(27)35)21-7-13-25(14-8-21)36-24-5-3-2-4-6-24/h2-8,13-14,20,22-23,26H,9-12,15-19H2,1H3,(H2,30,31,32). The summed E-state index contributed by atoms with van der Waals surface area (Å²) in [6.45, 7) is 5.68. The van der Waals surface area contributed by atoms with Crippen molar-refractivity contribution in [3.8, 4) is 11.5 Å². The predicted octanol–water partition coefficient (Wildman–Crippen LogP) is 4.36. The van der Waals surface area contributed by atoms with Crippen molar-refractivity contribution in [1.82, 2.24) is 19.8 Å². The van der Waals surface area contributed by atoms with Gasteiger partial charge in [0.2, 0.25) is 0 Å². The molecule has 1 saturated heterocycles. The van der Waals surface area contributed by atoms with Crippen molar-refractivity contribution < 1.29 is 4.74 Å². The van der Waals surface area contributed by atoms with E-state index >= 15 is 0 Å². The summed E-state index contributed by atoms with van der Waals surface area (Å²) in [6.07, 6.45) is 6.55. The normalized spacial score (nSPS) is 25.0. The monoisotopic (exact) mass is 484 g/mol. The zero-order valence-corrected chi connectivity index (χ0v) is 21.1. The van der Waals surface area contributed by atoms with Gasteiger partial charge in [-0.25, -0.2) is 9.97 Å². The average Bonchev–Trinajstić information content (AvgIpc) is 3.31. The Kier molecular flexibility index (Phi) is 6.50. The van der Waals surface area contributed by atoms with Crippen LogP contribution in [0, 0.1) is 0 Å². The molecule has 1 aliphatic carbocycles. The van der Waals surface area contributed by atoms with Gasteiger partial charge in [-0.05, 0) is 62.6 Å². The number of hydrogen-bond donors (Lipinski definition) is 1. The van der Waals surface area contributed by atoms with Gasteiger partial charge in [0, 0.05) is 56.3 Å². The molecule has 0 amide bonds. The Morgan fingerprint density at radius 3 is 2.19 bits per heavy atom. The number of piperazine rings is 1. The van der Waals surface area contributed by atoms with Gasteiger partial charge in [0.05, 0.1) is 0 Å². The zero-order chi connectivity index (χ0) is 24.5. The number of anilines is 2. The molecule has 2 fully saturated rings. The molecular weight excluding hydrogens is 448 g/mol. The number of nitrogen functional groups attached to an aromatic ring is 1. The Morgan fingerprint density at radius 2 is 1.47 bits per heavy atom. The van der Waals surface area contributed by atoms with Gasteiger partial charge in [0.25, 0.3) is 0 Å². The number of ether oxygens (including phenoxy) is 1. The van der Waals surface area contributed by atoms with Crippen LogP contribution < -0.4 is 15.4 Å². The molecule has 1 atom stereocenters. The Morgan fingerprint density at radius 1 is 0.806 bits per heavy atom. The van der Waals surface area contributed by atoms with Crippen molar-refractivity contribution in [2.24, 2.45) is 0 Å². The highest BCUT2D eigenvalue weighted by Crippen LogP contribution is 2.44. The molecule has 0 radical (unpaired) electrons. The summed E-state index contributed by atoms with van der Waals surface area (Å²) in [5.74, 6) is 3.47. The predicted molar refractivity (Wildman–Crippen MR) is 144 cm³/mol. The lowest BCUT2D eigenvalue weighted by Gasteiger charge is -2.43. The Bertz CT molecular complexity index is 1150. The molecule has 1 unspecified atom stereocenters. The highest BCUT2D eigenvalue weighted by Gasteiger charge is 2.39. The number of likely N-dealkylation sites (N-methyl/N-ethyl adjacent to an activating group) is 1. The van der Waals surface area contributed by atoms with Crippen LogP contribution in [0.15, 0.2) is 60.9 Å². The maximum Gasteiger partial charge on any atom is 0.138 e. The van der Waals surface area contributed by atoms with E-state index in [4.69, 9.17) is 15.5 Å². The molecule has 2 aliphatic heterocycles. The largest absolute Gasteiger partial charge is 0.457 e. The summed E-state index contributed by atoms with van der Waals surface area (Å²) in [7, 11) is 2.23. The summed E-state index contributed by atoms with van der Waals surface area (Å²) < 4.78 is 6.00. The van der Waals surface area contributed by atoms with E-state index < -0.39 is 0 Å². The summed E-state index contributed by atoms with van der Waals surface area (Å²) in [5, 5.41) is 0. The van der Waals surface area contributed by atoms with Crippen LogP contribution in [0.1, 0.15) is 42.7 Å². The third kappa shape index (κ3) is 4.65. The van der Waals surface area contributed by atoms with Crippen LogP contribution >= 0.6 is 0 Å². The number of hydrogen-bond acceptors (Lipinski definition) is 7. The topological polar surface area (TPSA) is 70.8 Å². The lowest BCUT2D eigenvalue weighted by atomic mass is 9.88. The fourth-order valence-corrected chi connectivity index (χ4v) is 6.25. The first-order valence-electron chi connectivity index (χ1n) is 13.3. The van der Waals surface area contributed by atoms with Gasteiger partial charge in [0.15, 0.2) is 0 Å². The number of para-hydroxylation sites is 1. The SMILES string of the molecule is CN1CCN(C2CCC(N3CC(c4ccc(Oc5ccccc5)cc4)c4c(N)ncnc43)CC2)CC1. The van der Waals surface area contributed by atoms with E-state index in [0.717, 1.165) is 35.5 Å². The summed E-state index contributed by atoms with van der Waals surface area (Å²) in [6, 6.07) is 19.5. The van der Waals surface area contributed by atoms with Crippen molar-refractivity contribution in [3.05, 3.63) is 72.1 Å². The van der Waals surface area contributed by atoms with E-state index in [0.29, 0.717) is 11.9 Å². The minimum absolute atomic E-state index is 0.169. The maximum atomic E-state index is 6.44. The van der Waals surface area contributed by atoms with Gasteiger partial charge in [-0.3, -0.25) is 4.90 Å². The average molecular weight is 485 g/mol. The molecule has 3 aliphatic rings. The Labute approximate surface area is 213 Å². The van der Waals surface area contributed by atoms with Crippen molar-refractivity contribution in [3.63, 3.8) is 0 Å². The minimum Gasteiger partial charge on any atom is -0.457 e. The third-order valence-electron chi connectivity index (χ3n) is 8.32. The fourth-order valence-electron chi connectivity index (χ4n) is 6.25. The maximum absolute atomic E-state index is 6.44. The number of aromatic nitrogens is 2. The molecular formula is C29H36N6O. The Balaban J connectivity index is 1.16. The molecule has 3 aromatic rings. The zero-order valence-electron chi connectivity index (χ0n) is 21.1. The number of nitrogens with zero attached hydrogens (tertiary/aromatic N) is 5. The summed E-state index contributed by atoms with van der Waals surface area (Å²) in [5.41, 5.74) is 8.75. The van der Waals surface area contributed by atoms with Gasteiger partial charge < -0.3 is 20.3 Å². The molecule has 36 heavy (non-hydrogen) atoms. The van der Waals surface area contributed by atoms with E-state index in [2.05, 4.69) is 38.9 Å². The third-order valence-corrected chi connectivity index (χ3v) is 8.32. The molecule has 0 spiro atoms. The molecule has 0 bridgehead atoms. The smallest absolute Gasteiger partial charge is 0.138 e. The van der Waals surface area contributed by atoms with E-state index in [1.165, 1.54) is 57.4 Å². The van der Waals surface area contributed by atoms with Crippen molar-refractivity contribution in [1.29, 1.82) is 0 Å². The molecule has 7 heteroatoms. The fraction of sp³-hybridized carbons (Fsp3) is 0.448. The van der Waals surface area contributed by atoms with Gasteiger partial charge in [0.1, 0.15) is 29.5 Å². The first-order valence-corrected chi connectivity index (χ1v) is 13.3. The van der Waals surface area contributed by atoms with Gasteiger partial charge in [-0.15, -0.1) is 0 Å². The quantitative estimate of drug-likeness (QED) is 0.577. The molecule has 1 aromatic heterocycles. The van der Waals surface area contributed by atoms with Crippen LogP contribution in [0.25, 0.3) is 0 Å². The second-order valence-corrected chi connectivity index (χ2v) is 10.5. The van der Waals surface area contributed by atoms with E-state index in [1.807, 2.05) is 42.5 Å². The molecule has 7 nitrogen and oxygen atoms in total. The second kappa shape index (κ2) is 10.1. The number of benzene rings is 2. The van der Waals surface area contributed by atoms with Crippen molar-refractivity contribution >= 4 is 11.6 Å². The first kappa shape index (κ1) is 23.3. The number of fused-ring (bicyclic) bond motifs is 1. The van der Waals surface area contributed by atoms with Crippen LogP contribution in [-0.4, -0.2) is 71.6 Å². The highest BCUT2D eigenvalue weighted by atomic mass is 16.5. The van der Waals surface area contributed by atoms with E-state index in [1.54, 1.807) is 6.33 Å². The first-order chi connectivity index (χ1) is 17.7. The summed E-state index contributed by atoms with van der Waals surface area (Å²) >= 11 is 0. The van der Waals surface area contributed by atoms with Crippen LogP contribution in [0.5, 0.6) is 11.5 Å². The van der Waals surface area contributed by atoms with Gasteiger partial charge in [-0.2, -0.15) is 0 Å².